The average Bonchev–Trinajstić information content (AvgIpc) is 3.16. The first kappa shape index (κ1) is 18.9. The highest BCUT2D eigenvalue weighted by Gasteiger charge is 2.33. The van der Waals surface area contributed by atoms with E-state index in [4.69, 9.17) is 23.8 Å². The summed E-state index contributed by atoms with van der Waals surface area (Å²) in [6.07, 6.45) is -1.24. The van der Waals surface area contributed by atoms with Crippen LogP contribution in [0.2, 0.25) is 5.02 Å². The number of allylic oxidation sites excluding steroid dienone is 1. The largest absolute Gasteiger partial charge is 0.493 e. The van der Waals surface area contributed by atoms with Gasteiger partial charge in [0.2, 0.25) is 5.88 Å². The second kappa shape index (κ2) is 6.88. The fraction of sp³-hybridized carbons (Fsp3) is 0.0526. The molecule has 0 atom stereocenters. The van der Waals surface area contributed by atoms with Gasteiger partial charge < -0.3 is 5.11 Å². The van der Waals surface area contributed by atoms with E-state index in [-0.39, 0.29) is 15.5 Å². The van der Waals surface area contributed by atoms with Crippen LogP contribution in [-0.4, -0.2) is 15.9 Å². The highest BCUT2D eigenvalue weighted by Crippen LogP contribution is 2.39. The maximum Gasteiger partial charge on any atom is 0.417 e. The van der Waals surface area contributed by atoms with Gasteiger partial charge in [-0.25, -0.2) is 0 Å². The minimum Gasteiger partial charge on any atom is -0.493 e. The van der Waals surface area contributed by atoms with E-state index in [1.165, 1.54) is 10.6 Å². The number of alkyl halides is 3. The van der Waals surface area contributed by atoms with Crippen LogP contribution in [0.1, 0.15) is 16.0 Å². The summed E-state index contributed by atoms with van der Waals surface area (Å²) >= 11 is 12.0. The Kier molecular flexibility index (Phi) is 4.65. The Hall–Kier alpha value is -2.42. The maximum absolute atomic E-state index is 13.2. The molecular formula is C19H10ClF3N2OS2. The standard InChI is InChI=1S/C19H10ClF3N2OS2/c20-14-6-5-11(8-13(14)19(21,22)23)25-17(26)16(28-18(25)27)7-10-9-24-15-4-2-1-3-12(10)15/h1-9,26H/b10-7+. The summed E-state index contributed by atoms with van der Waals surface area (Å²) < 4.78 is 40.9. The maximum atomic E-state index is 13.2. The van der Waals surface area contributed by atoms with Crippen molar-refractivity contribution in [1.29, 1.82) is 0 Å². The van der Waals surface area contributed by atoms with E-state index < -0.39 is 16.8 Å². The Morgan fingerprint density at radius 2 is 1.93 bits per heavy atom. The van der Waals surface area contributed by atoms with Crippen molar-refractivity contribution in [3.8, 4) is 11.6 Å². The van der Waals surface area contributed by atoms with Gasteiger partial charge in [0.05, 0.1) is 26.8 Å². The Labute approximate surface area is 171 Å². The molecule has 0 aliphatic carbocycles. The van der Waals surface area contributed by atoms with Crippen LogP contribution >= 0.6 is 35.2 Å². The van der Waals surface area contributed by atoms with Crippen molar-refractivity contribution in [3.05, 3.63) is 67.4 Å². The van der Waals surface area contributed by atoms with Crippen LogP contribution in [-0.2, 0) is 6.18 Å². The molecule has 1 aliphatic heterocycles. The zero-order chi connectivity index (χ0) is 20.1. The predicted octanol–water partition coefficient (Wildman–Crippen LogP) is 6.90. The highest BCUT2D eigenvalue weighted by molar-refractivity contribution is 7.73. The minimum atomic E-state index is -4.62. The number of aromatic hydroxyl groups is 1. The minimum absolute atomic E-state index is 0.0839. The third kappa shape index (κ3) is 3.28. The van der Waals surface area contributed by atoms with E-state index in [0.717, 1.165) is 40.3 Å². The fourth-order valence-electron chi connectivity index (χ4n) is 2.87. The molecule has 2 heterocycles. The number of aromatic nitrogens is 1. The third-order valence-corrected chi connectivity index (χ3v) is 5.81. The molecule has 0 fully saturated rings. The summed E-state index contributed by atoms with van der Waals surface area (Å²) in [6, 6.07) is 10.9. The van der Waals surface area contributed by atoms with E-state index >= 15 is 0 Å². The Morgan fingerprint density at radius 3 is 2.68 bits per heavy atom. The lowest BCUT2D eigenvalue weighted by atomic mass is 10.1. The zero-order valence-electron chi connectivity index (χ0n) is 13.9. The molecule has 0 radical (unpaired) electrons. The molecule has 0 bridgehead atoms. The van der Waals surface area contributed by atoms with E-state index in [1.807, 2.05) is 24.3 Å². The molecular weight excluding hydrogens is 429 g/mol. The number of hydrogen-bond acceptors (Lipinski definition) is 4. The molecule has 4 rings (SSSR count). The van der Waals surface area contributed by atoms with E-state index in [2.05, 4.69) is 4.99 Å². The number of nitrogens with zero attached hydrogens (tertiary/aromatic N) is 2. The molecule has 2 aromatic carbocycles. The van der Waals surface area contributed by atoms with Gasteiger partial charge in [-0.3, -0.25) is 9.56 Å². The first-order valence-corrected chi connectivity index (χ1v) is 9.53. The lowest BCUT2D eigenvalue weighted by molar-refractivity contribution is -0.137. The predicted molar refractivity (Wildman–Crippen MR) is 109 cm³/mol. The van der Waals surface area contributed by atoms with Crippen molar-refractivity contribution in [2.45, 2.75) is 6.18 Å². The molecule has 1 N–H and O–H groups in total. The fourth-order valence-corrected chi connectivity index (χ4v) is 4.39. The molecule has 0 unspecified atom stereocenters. The van der Waals surface area contributed by atoms with Gasteiger partial charge in [0.25, 0.3) is 0 Å². The normalized spacial score (nSPS) is 14.6. The SMILES string of the molecule is Oc1c(/C=C2\C=Nc3ccccc32)sc(=S)n1-c1ccc(Cl)c(C(F)(F)F)c1. The van der Waals surface area contributed by atoms with Crippen molar-refractivity contribution in [1.82, 2.24) is 4.57 Å². The van der Waals surface area contributed by atoms with Gasteiger partial charge >= 0.3 is 6.18 Å². The van der Waals surface area contributed by atoms with Crippen molar-refractivity contribution >= 4 is 58.7 Å². The topological polar surface area (TPSA) is 37.5 Å². The van der Waals surface area contributed by atoms with E-state index in [0.29, 0.717) is 4.88 Å². The molecule has 1 aromatic heterocycles. The average molecular weight is 439 g/mol. The van der Waals surface area contributed by atoms with Gasteiger partial charge in [-0.1, -0.05) is 29.8 Å². The van der Waals surface area contributed by atoms with Crippen LogP contribution in [0.15, 0.2) is 47.5 Å². The number of hydrogen-bond donors (Lipinski definition) is 1. The Balaban J connectivity index is 1.81. The summed E-state index contributed by atoms with van der Waals surface area (Å²) in [5.74, 6) is -0.240. The van der Waals surface area contributed by atoms with Crippen molar-refractivity contribution in [3.63, 3.8) is 0 Å². The molecule has 3 aromatic rings. The lowest BCUT2D eigenvalue weighted by Gasteiger charge is -2.12. The molecule has 0 amide bonds. The van der Waals surface area contributed by atoms with E-state index in [1.54, 1.807) is 12.3 Å². The van der Waals surface area contributed by atoms with Gasteiger partial charge in [-0.15, -0.1) is 11.3 Å². The number of halogens is 4. The van der Waals surface area contributed by atoms with Crippen molar-refractivity contribution in [2.75, 3.05) is 0 Å². The smallest absolute Gasteiger partial charge is 0.417 e. The Bertz CT molecular complexity index is 1210. The third-order valence-electron chi connectivity index (χ3n) is 4.17. The number of para-hydroxylation sites is 1. The van der Waals surface area contributed by atoms with Crippen LogP contribution in [0.25, 0.3) is 17.3 Å². The summed E-state index contributed by atoms with van der Waals surface area (Å²) in [7, 11) is 0. The van der Waals surface area contributed by atoms with Crippen LogP contribution in [0.5, 0.6) is 5.88 Å². The van der Waals surface area contributed by atoms with Crippen LogP contribution < -0.4 is 0 Å². The molecule has 0 saturated carbocycles. The summed E-state index contributed by atoms with van der Waals surface area (Å²) in [5, 5.41) is 10.2. The monoisotopic (exact) mass is 438 g/mol. The zero-order valence-corrected chi connectivity index (χ0v) is 16.3. The first-order valence-electron chi connectivity index (χ1n) is 7.93. The molecule has 28 heavy (non-hydrogen) atoms. The van der Waals surface area contributed by atoms with Crippen molar-refractivity contribution in [2.24, 2.45) is 4.99 Å². The van der Waals surface area contributed by atoms with Crippen molar-refractivity contribution < 1.29 is 18.3 Å². The second-order valence-electron chi connectivity index (χ2n) is 5.93. The van der Waals surface area contributed by atoms with Gasteiger partial charge in [-0.2, -0.15) is 13.2 Å². The number of fused-ring (bicyclic) bond motifs is 1. The molecule has 1 aliphatic rings. The molecule has 0 spiro atoms. The quantitative estimate of drug-likeness (QED) is 0.442. The lowest BCUT2D eigenvalue weighted by Crippen LogP contribution is -2.07. The molecule has 9 heteroatoms. The Morgan fingerprint density at radius 1 is 1.18 bits per heavy atom. The van der Waals surface area contributed by atoms with Crippen LogP contribution in [0, 0.1) is 3.95 Å². The van der Waals surface area contributed by atoms with Crippen LogP contribution in [0.3, 0.4) is 0 Å². The van der Waals surface area contributed by atoms with Gasteiger partial charge in [0.1, 0.15) is 0 Å². The second-order valence-corrected chi connectivity index (χ2v) is 8.01. The first-order chi connectivity index (χ1) is 13.3. The van der Waals surface area contributed by atoms with E-state index in [9.17, 15) is 18.3 Å². The highest BCUT2D eigenvalue weighted by atomic mass is 35.5. The van der Waals surface area contributed by atoms with Gasteiger partial charge in [0.15, 0.2) is 3.95 Å². The molecule has 142 valence electrons. The summed E-state index contributed by atoms with van der Waals surface area (Å²) in [4.78, 5) is 4.72. The number of aliphatic imine (C=N–C) groups is 1. The van der Waals surface area contributed by atoms with Gasteiger partial charge in [0, 0.05) is 17.4 Å². The van der Waals surface area contributed by atoms with Gasteiger partial charge in [-0.05, 0) is 42.6 Å². The number of thiazole rings is 1. The molecule has 3 nitrogen and oxygen atoms in total. The summed E-state index contributed by atoms with van der Waals surface area (Å²) in [6.45, 7) is 0. The molecule has 0 saturated heterocycles. The number of rotatable bonds is 2. The number of benzene rings is 2. The van der Waals surface area contributed by atoms with Crippen LogP contribution in [0.4, 0.5) is 18.9 Å². The summed E-state index contributed by atoms with van der Waals surface area (Å²) in [5.41, 5.74) is 1.58.